The molecule has 6 heteroatoms. The van der Waals surface area contributed by atoms with Crippen LogP contribution < -0.4 is 10.6 Å². The number of hydrogen-bond donors (Lipinski definition) is 2. The molecule has 1 atom stereocenters. The first-order valence-corrected chi connectivity index (χ1v) is 6.14. The van der Waals surface area contributed by atoms with E-state index in [1.54, 1.807) is 18.7 Å². The number of ether oxygens (including phenoxy) is 1. The summed E-state index contributed by atoms with van der Waals surface area (Å²) in [5.74, 6) is 1.30. The molecule has 86 valence electrons. The molecule has 1 fully saturated rings. The van der Waals surface area contributed by atoms with Crippen LogP contribution in [0.2, 0.25) is 0 Å². The Bertz CT molecular complexity index is 229. The summed E-state index contributed by atoms with van der Waals surface area (Å²) in [6, 6.07) is -0.114. The Morgan fingerprint density at radius 3 is 3.00 bits per heavy atom. The number of carbonyl (C=O) groups is 2. The van der Waals surface area contributed by atoms with E-state index < -0.39 is 0 Å². The van der Waals surface area contributed by atoms with Crippen molar-refractivity contribution in [3.8, 4) is 0 Å². The van der Waals surface area contributed by atoms with E-state index >= 15 is 0 Å². The normalized spacial score (nSPS) is 19.9. The first-order valence-electron chi connectivity index (χ1n) is 4.98. The zero-order chi connectivity index (χ0) is 11.1. The summed E-state index contributed by atoms with van der Waals surface area (Å²) in [6.07, 6.45) is 0.236. The third-order valence-corrected chi connectivity index (χ3v) is 2.91. The van der Waals surface area contributed by atoms with Crippen molar-refractivity contribution in [3.63, 3.8) is 0 Å². The number of nitrogens with one attached hydrogen (secondary N) is 2. The third-order valence-electron chi connectivity index (χ3n) is 1.97. The zero-order valence-corrected chi connectivity index (χ0v) is 9.56. The first-order chi connectivity index (χ1) is 7.24. The van der Waals surface area contributed by atoms with Crippen molar-refractivity contribution in [2.75, 3.05) is 24.8 Å². The van der Waals surface area contributed by atoms with E-state index in [0.29, 0.717) is 13.2 Å². The fraction of sp³-hybridized carbons (Fsp3) is 0.778. The van der Waals surface area contributed by atoms with Gasteiger partial charge >= 0.3 is 5.97 Å². The Morgan fingerprint density at radius 1 is 1.60 bits per heavy atom. The fourth-order valence-corrected chi connectivity index (χ4v) is 2.15. The van der Waals surface area contributed by atoms with Crippen LogP contribution in [0.4, 0.5) is 0 Å². The molecule has 1 heterocycles. The van der Waals surface area contributed by atoms with Gasteiger partial charge in [0, 0.05) is 18.2 Å². The van der Waals surface area contributed by atoms with Crippen LogP contribution in [0.25, 0.3) is 0 Å². The Morgan fingerprint density at radius 2 is 2.40 bits per heavy atom. The zero-order valence-electron chi connectivity index (χ0n) is 8.75. The Kier molecular flexibility index (Phi) is 5.49. The van der Waals surface area contributed by atoms with Gasteiger partial charge in [-0.25, -0.2) is 0 Å². The summed E-state index contributed by atoms with van der Waals surface area (Å²) in [5, 5.41) is 5.75. The summed E-state index contributed by atoms with van der Waals surface area (Å²) in [7, 11) is 0. The average molecular weight is 232 g/mol. The van der Waals surface area contributed by atoms with Crippen molar-refractivity contribution in [2.24, 2.45) is 0 Å². The number of thioether (sulfide) groups is 1. The standard InChI is InChI=1S/C9H16N2O3S/c1-2-14-8(12)3-4-10-9(13)7-5-15-6-11-7/h7,11H,2-6H2,1H3,(H,10,13). The molecule has 1 unspecified atom stereocenters. The fourth-order valence-electron chi connectivity index (χ4n) is 1.21. The van der Waals surface area contributed by atoms with Crippen molar-refractivity contribution < 1.29 is 14.3 Å². The lowest BCUT2D eigenvalue weighted by Gasteiger charge is -2.09. The van der Waals surface area contributed by atoms with Crippen LogP contribution in [0.1, 0.15) is 13.3 Å². The molecule has 1 rings (SSSR count). The Balaban J connectivity index is 2.08. The minimum absolute atomic E-state index is 0.0377. The van der Waals surface area contributed by atoms with E-state index in [4.69, 9.17) is 4.74 Å². The lowest BCUT2D eigenvalue weighted by Crippen LogP contribution is -2.42. The molecule has 2 N–H and O–H groups in total. The molecule has 1 amide bonds. The van der Waals surface area contributed by atoms with Crippen molar-refractivity contribution in [3.05, 3.63) is 0 Å². The molecule has 0 spiro atoms. The Hall–Kier alpha value is -0.750. The van der Waals surface area contributed by atoms with Crippen molar-refractivity contribution in [1.29, 1.82) is 0 Å². The highest BCUT2D eigenvalue weighted by Crippen LogP contribution is 2.08. The summed E-state index contributed by atoms with van der Waals surface area (Å²) in [4.78, 5) is 22.4. The van der Waals surface area contributed by atoms with E-state index in [-0.39, 0.29) is 24.3 Å². The van der Waals surface area contributed by atoms with Crippen molar-refractivity contribution in [1.82, 2.24) is 10.6 Å². The minimum atomic E-state index is -0.272. The SMILES string of the molecule is CCOC(=O)CCNC(=O)C1CSCN1. The van der Waals surface area contributed by atoms with Crippen LogP contribution in [-0.2, 0) is 14.3 Å². The van der Waals surface area contributed by atoms with Crippen LogP contribution in [0.3, 0.4) is 0 Å². The molecule has 0 aromatic rings. The molecule has 1 aliphatic rings. The average Bonchev–Trinajstić information content (AvgIpc) is 2.70. The molecule has 0 bridgehead atoms. The molecule has 1 aliphatic heterocycles. The van der Waals surface area contributed by atoms with Crippen LogP contribution in [0.15, 0.2) is 0 Å². The first kappa shape index (κ1) is 12.3. The van der Waals surface area contributed by atoms with E-state index in [1.165, 1.54) is 0 Å². The maximum Gasteiger partial charge on any atom is 0.307 e. The van der Waals surface area contributed by atoms with Gasteiger partial charge in [-0.2, -0.15) is 0 Å². The van der Waals surface area contributed by atoms with E-state index in [2.05, 4.69) is 10.6 Å². The van der Waals surface area contributed by atoms with Crippen LogP contribution in [0.5, 0.6) is 0 Å². The van der Waals surface area contributed by atoms with Gasteiger partial charge in [-0.15, -0.1) is 11.8 Å². The van der Waals surface area contributed by atoms with Gasteiger partial charge in [0.15, 0.2) is 0 Å². The predicted octanol–water partition coefficient (Wildman–Crippen LogP) is -0.282. The summed E-state index contributed by atoms with van der Waals surface area (Å²) < 4.78 is 4.74. The number of carbonyl (C=O) groups excluding carboxylic acids is 2. The largest absolute Gasteiger partial charge is 0.466 e. The topological polar surface area (TPSA) is 67.4 Å². The highest BCUT2D eigenvalue weighted by atomic mass is 32.2. The second kappa shape index (κ2) is 6.68. The lowest BCUT2D eigenvalue weighted by atomic mass is 10.3. The van der Waals surface area contributed by atoms with Gasteiger partial charge in [-0.1, -0.05) is 0 Å². The van der Waals surface area contributed by atoms with Gasteiger partial charge < -0.3 is 10.1 Å². The summed E-state index contributed by atoms with van der Waals surface area (Å²) >= 11 is 1.69. The molecule has 0 aromatic carbocycles. The quantitative estimate of drug-likeness (QED) is 0.638. The maximum atomic E-state index is 11.4. The molecule has 15 heavy (non-hydrogen) atoms. The second-order valence-electron chi connectivity index (χ2n) is 3.12. The Labute approximate surface area is 93.3 Å². The molecule has 0 aromatic heterocycles. The number of rotatable bonds is 5. The van der Waals surface area contributed by atoms with E-state index in [9.17, 15) is 9.59 Å². The molecular weight excluding hydrogens is 216 g/mol. The molecular formula is C9H16N2O3S. The predicted molar refractivity (Wildman–Crippen MR) is 58.5 cm³/mol. The van der Waals surface area contributed by atoms with Crippen molar-refractivity contribution >= 4 is 23.6 Å². The highest BCUT2D eigenvalue weighted by molar-refractivity contribution is 7.99. The molecule has 1 saturated heterocycles. The maximum absolute atomic E-state index is 11.4. The van der Waals surface area contributed by atoms with Gasteiger partial charge in [-0.3, -0.25) is 14.9 Å². The van der Waals surface area contributed by atoms with Gasteiger partial charge in [0.1, 0.15) is 0 Å². The molecule has 5 nitrogen and oxygen atoms in total. The number of esters is 1. The number of amides is 1. The van der Waals surface area contributed by atoms with Crippen LogP contribution in [-0.4, -0.2) is 42.7 Å². The van der Waals surface area contributed by atoms with E-state index in [1.807, 2.05) is 0 Å². The van der Waals surface area contributed by atoms with Gasteiger partial charge in [0.05, 0.1) is 19.1 Å². The second-order valence-corrected chi connectivity index (χ2v) is 4.15. The monoisotopic (exact) mass is 232 g/mol. The van der Waals surface area contributed by atoms with Gasteiger partial charge in [0.2, 0.25) is 5.91 Å². The van der Waals surface area contributed by atoms with Gasteiger partial charge in [-0.05, 0) is 6.92 Å². The van der Waals surface area contributed by atoms with E-state index in [0.717, 1.165) is 11.6 Å². The summed E-state index contributed by atoms with van der Waals surface area (Å²) in [5.41, 5.74) is 0. The molecule has 0 aliphatic carbocycles. The third kappa shape index (κ3) is 4.53. The lowest BCUT2D eigenvalue weighted by molar-refractivity contribution is -0.143. The summed E-state index contributed by atoms with van der Waals surface area (Å²) in [6.45, 7) is 2.49. The van der Waals surface area contributed by atoms with Crippen LogP contribution in [0, 0.1) is 0 Å². The molecule has 0 radical (unpaired) electrons. The van der Waals surface area contributed by atoms with Crippen LogP contribution >= 0.6 is 11.8 Å². The minimum Gasteiger partial charge on any atom is -0.466 e. The molecule has 0 saturated carbocycles. The smallest absolute Gasteiger partial charge is 0.307 e. The number of hydrogen-bond acceptors (Lipinski definition) is 5. The van der Waals surface area contributed by atoms with Crippen molar-refractivity contribution in [2.45, 2.75) is 19.4 Å². The highest BCUT2D eigenvalue weighted by Gasteiger charge is 2.21. The van der Waals surface area contributed by atoms with Gasteiger partial charge in [0.25, 0.3) is 0 Å².